The van der Waals surface area contributed by atoms with Gasteiger partial charge in [-0.2, -0.15) is 0 Å². The maximum Gasteiger partial charge on any atom is 0.331 e. The summed E-state index contributed by atoms with van der Waals surface area (Å²) in [5, 5.41) is 2.94. The Morgan fingerprint density at radius 1 is 0.967 bits per heavy atom. The molecule has 0 aromatic heterocycles. The topological polar surface area (TPSA) is 75.7 Å². The van der Waals surface area contributed by atoms with Gasteiger partial charge >= 0.3 is 5.97 Å². The number of fused-ring (bicyclic) bond motifs is 1. The fraction of sp³-hybridized carbons (Fsp3) is 0.375. The smallest absolute Gasteiger partial charge is 0.331 e. The molecule has 0 radical (unpaired) electrons. The molecule has 2 aromatic rings. The molecule has 2 aliphatic rings. The molecule has 156 valence electrons. The second kappa shape index (κ2) is 9.11. The fourth-order valence-electron chi connectivity index (χ4n) is 4.18. The van der Waals surface area contributed by atoms with Crippen molar-refractivity contribution in [3.63, 3.8) is 0 Å². The molecule has 0 spiro atoms. The lowest BCUT2D eigenvalue weighted by Gasteiger charge is -2.28. The summed E-state index contributed by atoms with van der Waals surface area (Å²) in [6.07, 6.45) is 6.39. The molecular weight excluding hydrogens is 380 g/mol. The zero-order valence-corrected chi connectivity index (χ0v) is 16.9. The Hall–Kier alpha value is -3.15. The highest BCUT2D eigenvalue weighted by atomic mass is 16.5. The van der Waals surface area contributed by atoms with Gasteiger partial charge in [-0.05, 0) is 55.2 Å². The third-order valence-electron chi connectivity index (χ3n) is 5.81. The molecule has 1 fully saturated rings. The zero-order valence-electron chi connectivity index (χ0n) is 16.9. The van der Waals surface area contributed by atoms with Crippen molar-refractivity contribution in [3.8, 4) is 5.75 Å². The molecule has 30 heavy (non-hydrogen) atoms. The van der Waals surface area contributed by atoms with Crippen LogP contribution in [0.5, 0.6) is 5.75 Å². The number of rotatable bonds is 5. The molecule has 1 N–H and O–H groups in total. The predicted molar refractivity (Wildman–Crippen MR) is 114 cm³/mol. The first-order valence-electron chi connectivity index (χ1n) is 10.6. The number of amides is 2. The van der Waals surface area contributed by atoms with Gasteiger partial charge in [-0.3, -0.25) is 9.59 Å². The van der Waals surface area contributed by atoms with E-state index in [1.807, 2.05) is 24.3 Å². The molecule has 4 rings (SSSR count). The van der Waals surface area contributed by atoms with Gasteiger partial charge in [-0.1, -0.05) is 37.5 Å². The van der Waals surface area contributed by atoms with Gasteiger partial charge in [0.1, 0.15) is 12.3 Å². The number of hydrogen-bond donors (Lipinski definition) is 1. The van der Waals surface area contributed by atoms with Crippen molar-refractivity contribution >= 4 is 29.2 Å². The lowest BCUT2D eigenvalue weighted by molar-refractivity contribution is -0.134. The first-order chi connectivity index (χ1) is 14.6. The van der Waals surface area contributed by atoms with E-state index in [0.717, 1.165) is 36.9 Å². The SMILES string of the molecule is O=C(CN1C(=O)CCc2ccccc21)Oc1ccc(NC(=O)C2CCCCC2)cc1. The number of ether oxygens (including phenoxy) is 1. The van der Waals surface area contributed by atoms with Gasteiger partial charge in [0.15, 0.2) is 0 Å². The van der Waals surface area contributed by atoms with Crippen molar-refractivity contribution in [2.45, 2.75) is 44.9 Å². The van der Waals surface area contributed by atoms with Gasteiger partial charge in [0, 0.05) is 23.7 Å². The minimum Gasteiger partial charge on any atom is -0.425 e. The molecular formula is C24H26N2O4. The lowest BCUT2D eigenvalue weighted by atomic mass is 9.88. The summed E-state index contributed by atoms with van der Waals surface area (Å²) in [6.45, 7) is -0.129. The Kier molecular flexibility index (Phi) is 6.12. The molecule has 1 aliphatic heterocycles. The summed E-state index contributed by atoms with van der Waals surface area (Å²) >= 11 is 0. The summed E-state index contributed by atoms with van der Waals surface area (Å²) < 4.78 is 5.41. The van der Waals surface area contributed by atoms with Crippen LogP contribution in [0, 0.1) is 5.92 Å². The van der Waals surface area contributed by atoms with Crippen molar-refractivity contribution in [1.29, 1.82) is 0 Å². The molecule has 2 aromatic carbocycles. The van der Waals surface area contributed by atoms with E-state index in [1.165, 1.54) is 11.3 Å². The normalized spacial score (nSPS) is 16.7. The maximum atomic E-state index is 12.4. The van der Waals surface area contributed by atoms with E-state index in [4.69, 9.17) is 4.74 Å². The Labute approximate surface area is 176 Å². The third kappa shape index (κ3) is 4.70. The number of esters is 1. The molecule has 2 amide bonds. The first kappa shape index (κ1) is 20.1. The molecule has 0 saturated heterocycles. The van der Waals surface area contributed by atoms with Crippen molar-refractivity contribution < 1.29 is 19.1 Å². The highest BCUT2D eigenvalue weighted by Gasteiger charge is 2.26. The molecule has 6 heteroatoms. The minimum absolute atomic E-state index is 0.0571. The number of hydrogen-bond acceptors (Lipinski definition) is 4. The van der Waals surface area contributed by atoms with Crippen LogP contribution in [0.15, 0.2) is 48.5 Å². The molecule has 1 heterocycles. The summed E-state index contributed by atoms with van der Waals surface area (Å²) in [5.41, 5.74) is 2.51. The van der Waals surface area contributed by atoms with Gasteiger partial charge in [0.05, 0.1) is 0 Å². The summed E-state index contributed by atoms with van der Waals surface area (Å²) in [7, 11) is 0. The maximum absolute atomic E-state index is 12.4. The van der Waals surface area contributed by atoms with Crippen molar-refractivity contribution in [3.05, 3.63) is 54.1 Å². The molecule has 6 nitrogen and oxygen atoms in total. The number of para-hydroxylation sites is 1. The number of nitrogens with one attached hydrogen (secondary N) is 1. The van der Waals surface area contributed by atoms with Crippen molar-refractivity contribution in [2.24, 2.45) is 5.92 Å². The second-order valence-corrected chi connectivity index (χ2v) is 7.93. The van der Waals surface area contributed by atoms with Gasteiger partial charge in [-0.25, -0.2) is 4.79 Å². The predicted octanol–water partition coefficient (Wildman–Crippen LogP) is 4.09. The van der Waals surface area contributed by atoms with Crippen LogP contribution >= 0.6 is 0 Å². The lowest BCUT2D eigenvalue weighted by Crippen LogP contribution is -2.40. The van der Waals surface area contributed by atoms with Gasteiger partial charge < -0.3 is 15.0 Å². The Balaban J connectivity index is 1.34. The van der Waals surface area contributed by atoms with Crippen LogP contribution in [0.2, 0.25) is 0 Å². The number of carbonyl (C=O) groups is 3. The summed E-state index contributed by atoms with van der Waals surface area (Å²) in [5.74, 6) is -0.0539. The number of anilines is 2. The average Bonchev–Trinajstić information content (AvgIpc) is 2.78. The van der Waals surface area contributed by atoms with Crippen LogP contribution in [0.3, 0.4) is 0 Å². The van der Waals surface area contributed by atoms with Crippen molar-refractivity contribution in [2.75, 3.05) is 16.8 Å². The average molecular weight is 406 g/mol. The number of aryl methyl sites for hydroxylation is 1. The van der Waals surface area contributed by atoms with E-state index < -0.39 is 5.97 Å². The Morgan fingerprint density at radius 2 is 1.70 bits per heavy atom. The molecule has 0 unspecified atom stereocenters. The standard InChI is InChI=1S/C24H26N2O4/c27-22-15-10-17-6-4-5-9-21(17)26(22)16-23(28)30-20-13-11-19(12-14-20)25-24(29)18-7-2-1-3-8-18/h4-6,9,11-14,18H,1-3,7-8,10,15-16H2,(H,25,29). The van der Waals surface area contributed by atoms with Crippen LogP contribution in [-0.4, -0.2) is 24.3 Å². The van der Waals surface area contributed by atoms with Gasteiger partial charge in [0.25, 0.3) is 0 Å². The van der Waals surface area contributed by atoms with E-state index >= 15 is 0 Å². The third-order valence-corrected chi connectivity index (χ3v) is 5.81. The minimum atomic E-state index is -0.501. The van der Waals surface area contributed by atoms with Crippen LogP contribution in [0.25, 0.3) is 0 Å². The quantitative estimate of drug-likeness (QED) is 0.599. The van der Waals surface area contributed by atoms with E-state index in [0.29, 0.717) is 24.3 Å². The number of nitrogens with zero attached hydrogens (tertiary/aromatic N) is 1. The van der Waals surface area contributed by atoms with Crippen LogP contribution < -0.4 is 15.0 Å². The van der Waals surface area contributed by atoms with Crippen LogP contribution in [0.1, 0.15) is 44.1 Å². The Morgan fingerprint density at radius 3 is 2.47 bits per heavy atom. The van der Waals surface area contributed by atoms with E-state index in [9.17, 15) is 14.4 Å². The van der Waals surface area contributed by atoms with Gasteiger partial charge in [0.2, 0.25) is 11.8 Å². The molecule has 0 atom stereocenters. The monoisotopic (exact) mass is 406 g/mol. The van der Waals surface area contributed by atoms with Crippen LogP contribution in [0.4, 0.5) is 11.4 Å². The summed E-state index contributed by atoms with van der Waals surface area (Å²) in [4.78, 5) is 38.6. The highest BCUT2D eigenvalue weighted by Crippen LogP contribution is 2.28. The molecule has 1 aliphatic carbocycles. The molecule has 1 saturated carbocycles. The zero-order chi connectivity index (χ0) is 20.9. The summed E-state index contributed by atoms with van der Waals surface area (Å²) in [6, 6.07) is 14.4. The second-order valence-electron chi connectivity index (χ2n) is 7.93. The number of benzene rings is 2. The largest absolute Gasteiger partial charge is 0.425 e. The molecule has 0 bridgehead atoms. The first-order valence-corrected chi connectivity index (χ1v) is 10.6. The highest BCUT2D eigenvalue weighted by molar-refractivity contribution is 6.00. The van der Waals surface area contributed by atoms with Gasteiger partial charge in [-0.15, -0.1) is 0 Å². The van der Waals surface area contributed by atoms with Crippen LogP contribution in [-0.2, 0) is 20.8 Å². The van der Waals surface area contributed by atoms with E-state index in [-0.39, 0.29) is 24.3 Å². The van der Waals surface area contributed by atoms with E-state index in [2.05, 4.69) is 5.32 Å². The Bertz CT molecular complexity index is 932. The number of carbonyl (C=O) groups excluding carboxylic acids is 3. The fourth-order valence-corrected chi connectivity index (χ4v) is 4.18. The van der Waals surface area contributed by atoms with E-state index in [1.54, 1.807) is 24.3 Å². The van der Waals surface area contributed by atoms with Crippen molar-refractivity contribution in [1.82, 2.24) is 0 Å².